The number of ether oxygens (including phenoxy) is 1. The Morgan fingerprint density at radius 2 is 2.00 bits per heavy atom. The lowest BCUT2D eigenvalue weighted by molar-refractivity contribution is 0.102. The van der Waals surface area contributed by atoms with Gasteiger partial charge in [0, 0.05) is 19.6 Å². The van der Waals surface area contributed by atoms with Crippen molar-refractivity contribution < 1.29 is 9.53 Å². The van der Waals surface area contributed by atoms with E-state index in [1.807, 2.05) is 31.2 Å². The fraction of sp³-hybridized carbons (Fsp3) is 0.286. The highest BCUT2D eigenvalue weighted by Crippen LogP contribution is 2.28. The highest BCUT2D eigenvalue weighted by molar-refractivity contribution is 7.17. The summed E-state index contributed by atoms with van der Waals surface area (Å²) >= 11 is 1.45. The summed E-state index contributed by atoms with van der Waals surface area (Å²) in [5.41, 5.74) is 2.97. The quantitative estimate of drug-likeness (QED) is 0.791. The molecule has 2 aromatic rings. The van der Waals surface area contributed by atoms with Gasteiger partial charge in [0.2, 0.25) is 0 Å². The van der Waals surface area contributed by atoms with E-state index in [1.165, 1.54) is 11.3 Å². The van der Waals surface area contributed by atoms with Crippen molar-refractivity contribution in [1.29, 1.82) is 0 Å². The van der Waals surface area contributed by atoms with E-state index < -0.39 is 0 Å². The molecular weight excluding hydrogens is 246 g/mol. The Morgan fingerprint density at radius 1 is 1.33 bits per heavy atom. The first-order valence-corrected chi connectivity index (χ1v) is 6.50. The van der Waals surface area contributed by atoms with Crippen LogP contribution in [0.4, 0.5) is 0 Å². The number of benzene rings is 1. The van der Waals surface area contributed by atoms with Gasteiger partial charge in [0.25, 0.3) is 0 Å². The van der Waals surface area contributed by atoms with Crippen molar-refractivity contribution in [1.82, 2.24) is 4.98 Å². The van der Waals surface area contributed by atoms with Crippen molar-refractivity contribution in [3.05, 3.63) is 40.4 Å². The molecule has 0 aliphatic rings. The molecule has 0 aliphatic heterocycles. The van der Waals surface area contributed by atoms with Crippen LogP contribution < -0.4 is 0 Å². The van der Waals surface area contributed by atoms with Crippen LogP contribution >= 0.6 is 11.3 Å². The van der Waals surface area contributed by atoms with Crippen LogP contribution in [0.15, 0.2) is 24.3 Å². The highest BCUT2D eigenvalue weighted by atomic mass is 32.1. The summed E-state index contributed by atoms with van der Waals surface area (Å²) in [6.45, 7) is 4.05. The van der Waals surface area contributed by atoms with E-state index in [4.69, 9.17) is 4.74 Å². The number of nitrogens with zero attached hydrogens (tertiary/aromatic N) is 1. The van der Waals surface area contributed by atoms with Gasteiger partial charge in [-0.2, -0.15) is 0 Å². The summed E-state index contributed by atoms with van der Waals surface area (Å²) in [5.74, 6) is 0.0762. The van der Waals surface area contributed by atoms with Crippen molar-refractivity contribution in [2.75, 3.05) is 7.11 Å². The Bertz CT molecular complexity index is 558. The minimum absolute atomic E-state index is 0.0762. The number of hydrogen-bond acceptors (Lipinski definition) is 4. The number of Topliss-reactive ketones (excluding diaryl/α,β-unsaturated/α-hetero) is 1. The minimum atomic E-state index is 0.0762. The average Bonchev–Trinajstić information content (AvgIpc) is 2.73. The first-order valence-electron chi connectivity index (χ1n) is 5.68. The molecular formula is C14H15NO2S. The summed E-state index contributed by atoms with van der Waals surface area (Å²) in [6, 6.07) is 8.05. The highest BCUT2D eigenvalue weighted by Gasteiger charge is 2.12. The largest absolute Gasteiger partial charge is 0.380 e. The predicted octanol–water partition coefficient (Wildman–Crippen LogP) is 3.47. The number of aromatic nitrogens is 1. The summed E-state index contributed by atoms with van der Waals surface area (Å²) < 4.78 is 5.07. The molecule has 0 unspecified atom stereocenters. The lowest BCUT2D eigenvalue weighted by Crippen LogP contribution is -1.89. The SMILES string of the molecule is COCc1ccc(-c2nc(C)c(C(C)=O)s2)cc1. The third kappa shape index (κ3) is 2.66. The van der Waals surface area contributed by atoms with Crippen molar-refractivity contribution in [3.63, 3.8) is 0 Å². The molecule has 18 heavy (non-hydrogen) atoms. The molecule has 0 saturated heterocycles. The maximum Gasteiger partial charge on any atom is 0.171 e. The van der Waals surface area contributed by atoms with Crippen LogP contribution in [-0.4, -0.2) is 17.9 Å². The molecule has 0 spiro atoms. The van der Waals surface area contributed by atoms with Crippen molar-refractivity contribution in [2.24, 2.45) is 0 Å². The summed E-state index contributed by atoms with van der Waals surface area (Å²) in [4.78, 5) is 16.6. The molecule has 0 bridgehead atoms. The minimum Gasteiger partial charge on any atom is -0.380 e. The molecule has 0 N–H and O–H groups in total. The van der Waals surface area contributed by atoms with E-state index in [2.05, 4.69) is 4.98 Å². The first kappa shape index (κ1) is 12.9. The molecule has 0 saturated carbocycles. The normalized spacial score (nSPS) is 10.6. The zero-order chi connectivity index (χ0) is 13.1. The van der Waals surface area contributed by atoms with Gasteiger partial charge in [-0.15, -0.1) is 11.3 Å². The van der Waals surface area contributed by atoms with Crippen LogP contribution in [0.2, 0.25) is 0 Å². The number of thiazole rings is 1. The van der Waals surface area contributed by atoms with E-state index >= 15 is 0 Å². The Balaban J connectivity index is 2.31. The second kappa shape index (κ2) is 5.42. The number of carbonyl (C=O) groups excluding carboxylic acids is 1. The molecule has 3 nitrogen and oxygen atoms in total. The van der Waals surface area contributed by atoms with Crippen molar-refractivity contribution >= 4 is 17.1 Å². The van der Waals surface area contributed by atoms with Gasteiger partial charge >= 0.3 is 0 Å². The van der Waals surface area contributed by atoms with Gasteiger partial charge in [0.15, 0.2) is 5.78 Å². The molecule has 0 aliphatic carbocycles. The van der Waals surface area contributed by atoms with Gasteiger partial charge in [-0.05, 0) is 12.5 Å². The molecule has 0 amide bonds. The molecule has 4 heteroatoms. The van der Waals surface area contributed by atoms with E-state index in [1.54, 1.807) is 14.0 Å². The summed E-state index contributed by atoms with van der Waals surface area (Å²) in [7, 11) is 1.68. The van der Waals surface area contributed by atoms with Gasteiger partial charge in [0.05, 0.1) is 17.2 Å². The Labute approximate surface area is 110 Å². The summed E-state index contributed by atoms with van der Waals surface area (Å²) in [5, 5.41) is 0.890. The molecule has 1 heterocycles. The van der Waals surface area contributed by atoms with Crippen molar-refractivity contribution in [3.8, 4) is 10.6 Å². The number of hydrogen-bond donors (Lipinski definition) is 0. The number of aryl methyl sites for hydroxylation is 1. The number of rotatable bonds is 4. The number of methoxy groups -OCH3 is 1. The Kier molecular flexibility index (Phi) is 3.89. The lowest BCUT2D eigenvalue weighted by atomic mass is 10.1. The van der Waals surface area contributed by atoms with Gasteiger partial charge in [-0.25, -0.2) is 4.98 Å². The molecule has 0 radical (unpaired) electrons. The van der Waals surface area contributed by atoms with E-state index in [0.29, 0.717) is 6.61 Å². The van der Waals surface area contributed by atoms with Gasteiger partial charge in [-0.1, -0.05) is 24.3 Å². The molecule has 94 valence electrons. The zero-order valence-electron chi connectivity index (χ0n) is 10.7. The van der Waals surface area contributed by atoms with Crippen LogP contribution in [-0.2, 0) is 11.3 Å². The molecule has 0 atom stereocenters. The maximum atomic E-state index is 11.4. The molecule has 2 rings (SSSR count). The number of ketones is 1. The van der Waals surface area contributed by atoms with Crippen LogP contribution in [0, 0.1) is 6.92 Å². The Morgan fingerprint density at radius 3 is 2.50 bits per heavy atom. The van der Waals surface area contributed by atoms with Crippen LogP contribution in [0.3, 0.4) is 0 Å². The zero-order valence-corrected chi connectivity index (χ0v) is 11.5. The second-order valence-electron chi connectivity index (χ2n) is 4.12. The van der Waals surface area contributed by atoms with Crippen LogP contribution in [0.25, 0.3) is 10.6 Å². The Hall–Kier alpha value is -1.52. The predicted molar refractivity (Wildman–Crippen MR) is 73.0 cm³/mol. The van der Waals surface area contributed by atoms with Gasteiger partial charge in [0.1, 0.15) is 5.01 Å². The smallest absolute Gasteiger partial charge is 0.171 e. The van der Waals surface area contributed by atoms with E-state index in [0.717, 1.165) is 26.7 Å². The fourth-order valence-corrected chi connectivity index (χ4v) is 2.72. The van der Waals surface area contributed by atoms with Gasteiger partial charge in [-0.3, -0.25) is 4.79 Å². The number of carbonyl (C=O) groups is 1. The second-order valence-corrected chi connectivity index (χ2v) is 5.12. The first-order chi connectivity index (χ1) is 8.61. The van der Waals surface area contributed by atoms with E-state index in [-0.39, 0.29) is 5.78 Å². The topological polar surface area (TPSA) is 39.2 Å². The lowest BCUT2D eigenvalue weighted by Gasteiger charge is -2.00. The van der Waals surface area contributed by atoms with E-state index in [9.17, 15) is 4.79 Å². The van der Waals surface area contributed by atoms with Crippen LogP contribution in [0.5, 0.6) is 0 Å². The maximum absolute atomic E-state index is 11.4. The molecule has 0 fully saturated rings. The fourth-order valence-electron chi connectivity index (χ4n) is 1.76. The van der Waals surface area contributed by atoms with Gasteiger partial charge < -0.3 is 4.74 Å². The standard InChI is InChI=1S/C14H15NO2S/c1-9-13(10(2)16)18-14(15-9)12-6-4-11(5-7-12)8-17-3/h4-7H,8H2,1-3H3. The average molecular weight is 261 g/mol. The van der Waals surface area contributed by atoms with Crippen molar-refractivity contribution in [2.45, 2.75) is 20.5 Å². The monoisotopic (exact) mass is 261 g/mol. The molecule has 1 aromatic carbocycles. The summed E-state index contributed by atoms with van der Waals surface area (Å²) in [6.07, 6.45) is 0. The van der Waals surface area contributed by atoms with Crippen LogP contribution in [0.1, 0.15) is 27.9 Å². The third-order valence-corrected chi connectivity index (χ3v) is 3.94. The molecule has 1 aromatic heterocycles. The third-order valence-electron chi connectivity index (χ3n) is 2.63.